The Morgan fingerprint density at radius 3 is 2.10 bits per heavy atom. The fraction of sp³-hybridized carbons (Fsp3) is 0.440. The molecule has 1 aliphatic carbocycles. The van der Waals surface area contributed by atoms with Crippen LogP contribution in [0.1, 0.15) is 46.9 Å². The highest BCUT2D eigenvalue weighted by molar-refractivity contribution is 7.39. The van der Waals surface area contributed by atoms with Crippen LogP contribution in [0, 0.1) is 11.8 Å². The van der Waals surface area contributed by atoms with Crippen LogP contribution < -0.4 is 5.32 Å². The van der Waals surface area contributed by atoms with Gasteiger partial charge in [0.15, 0.2) is 0 Å². The van der Waals surface area contributed by atoms with Gasteiger partial charge >= 0.3 is 11.9 Å². The van der Waals surface area contributed by atoms with Crippen molar-refractivity contribution in [1.82, 2.24) is 5.32 Å². The van der Waals surface area contributed by atoms with E-state index in [9.17, 15) is 9.59 Å². The zero-order valence-corrected chi connectivity index (χ0v) is 18.8. The van der Waals surface area contributed by atoms with Crippen LogP contribution in [-0.2, 0) is 9.47 Å². The average molecular weight is 437 g/mol. The zero-order valence-electron chi connectivity index (χ0n) is 17.8. The molecule has 2 aromatic carbocycles. The molecule has 162 valence electrons. The number of rotatable bonds is 5. The minimum atomic E-state index is -0.451. The summed E-state index contributed by atoms with van der Waals surface area (Å²) in [5.41, 5.74) is 1.04. The Labute approximate surface area is 184 Å². The van der Waals surface area contributed by atoms with Crippen molar-refractivity contribution < 1.29 is 19.1 Å². The Morgan fingerprint density at radius 1 is 0.935 bits per heavy atom. The van der Waals surface area contributed by atoms with Crippen molar-refractivity contribution in [2.45, 2.75) is 49.2 Å². The lowest BCUT2D eigenvalue weighted by molar-refractivity contribution is -0.0401. The topological polar surface area (TPSA) is 64.6 Å². The first-order valence-corrected chi connectivity index (χ1v) is 12.5. The Kier molecular flexibility index (Phi) is 5.15. The number of hydrogen-bond acceptors (Lipinski definition) is 5. The molecular weight excluding hydrogens is 409 g/mol. The molecule has 3 aliphatic rings. The highest BCUT2D eigenvalue weighted by atomic mass is 31.1. The van der Waals surface area contributed by atoms with Crippen LogP contribution in [-0.4, -0.2) is 41.6 Å². The van der Waals surface area contributed by atoms with E-state index in [4.69, 9.17) is 9.47 Å². The molecule has 7 atom stereocenters. The van der Waals surface area contributed by atoms with Crippen LogP contribution in [0.2, 0.25) is 0 Å². The third-order valence-corrected chi connectivity index (χ3v) is 9.14. The molecule has 1 saturated carbocycles. The largest absolute Gasteiger partial charge is 0.455 e. The van der Waals surface area contributed by atoms with Gasteiger partial charge in [0.2, 0.25) is 0 Å². The third-order valence-electron chi connectivity index (χ3n) is 7.54. The summed E-state index contributed by atoms with van der Waals surface area (Å²) < 4.78 is 12.1. The van der Waals surface area contributed by atoms with Crippen molar-refractivity contribution >= 4 is 20.5 Å². The van der Waals surface area contributed by atoms with Gasteiger partial charge in [-0.1, -0.05) is 36.4 Å². The minimum Gasteiger partial charge on any atom is -0.455 e. The molecular formula is C25H28NO4P. The first kappa shape index (κ1) is 20.7. The molecule has 2 aliphatic heterocycles. The van der Waals surface area contributed by atoms with E-state index in [0.717, 1.165) is 12.8 Å². The Bertz CT molecular complexity index is 984. The first-order valence-electron chi connectivity index (χ1n) is 11.0. The van der Waals surface area contributed by atoms with Gasteiger partial charge in [-0.15, -0.1) is 8.58 Å². The first-order chi connectivity index (χ1) is 15.0. The number of esters is 2. The number of nitrogens with one attached hydrogen (secondary N) is 1. The van der Waals surface area contributed by atoms with Gasteiger partial charge in [0.05, 0.1) is 11.1 Å². The highest BCUT2D eigenvalue weighted by Gasteiger charge is 2.70. The van der Waals surface area contributed by atoms with E-state index in [1.165, 1.54) is 0 Å². The molecule has 0 radical (unpaired) electrons. The molecule has 0 aromatic heterocycles. The second-order valence-electron chi connectivity index (χ2n) is 9.18. The van der Waals surface area contributed by atoms with Gasteiger partial charge in [-0.3, -0.25) is 0 Å². The Morgan fingerprint density at radius 2 is 1.52 bits per heavy atom. The van der Waals surface area contributed by atoms with Crippen LogP contribution in [0.5, 0.6) is 0 Å². The van der Waals surface area contributed by atoms with Gasteiger partial charge < -0.3 is 14.8 Å². The quantitative estimate of drug-likeness (QED) is 0.560. The van der Waals surface area contributed by atoms with Gasteiger partial charge in [-0.25, -0.2) is 9.59 Å². The summed E-state index contributed by atoms with van der Waals surface area (Å²) in [6, 6.07) is 18.1. The predicted molar refractivity (Wildman–Crippen MR) is 121 cm³/mol. The molecule has 7 unspecified atom stereocenters. The maximum absolute atomic E-state index is 13.0. The molecule has 2 aromatic rings. The van der Waals surface area contributed by atoms with E-state index in [1.54, 1.807) is 24.3 Å². The Balaban J connectivity index is 1.45. The number of carbonyl (C=O) groups excluding carboxylic acids is 2. The molecule has 3 fully saturated rings. The van der Waals surface area contributed by atoms with Crippen LogP contribution in [0.4, 0.5) is 0 Å². The van der Waals surface area contributed by atoms with Crippen molar-refractivity contribution in [3.8, 4) is 0 Å². The Hall–Kier alpha value is -2.23. The van der Waals surface area contributed by atoms with E-state index in [0.29, 0.717) is 32.0 Å². The van der Waals surface area contributed by atoms with Crippen LogP contribution in [0.3, 0.4) is 0 Å². The van der Waals surface area contributed by atoms with Gasteiger partial charge in [0.25, 0.3) is 0 Å². The summed E-state index contributed by atoms with van der Waals surface area (Å²) in [5, 5.41) is 3.85. The monoisotopic (exact) mass is 437 g/mol. The molecule has 2 heterocycles. The van der Waals surface area contributed by atoms with Crippen LogP contribution >= 0.6 is 8.58 Å². The van der Waals surface area contributed by atoms with E-state index >= 15 is 0 Å². The van der Waals surface area contributed by atoms with Gasteiger partial charge in [-0.2, -0.15) is 0 Å². The molecule has 5 rings (SSSR count). The summed E-state index contributed by atoms with van der Waals surface area (Å²) in [7, 11) is 0.682. The lowest BCUT2D eigenvalue weighted by Crippen LogP contribution is -2.47. The molecule has 0 spiro atoms. The van der Waals surface area contributed by atoms with Gasteiger partial charge in [0, 0.05) is 16.7 Å². The zero-order chi connectivity index (χ0) is 21.6. The molecule has 5 nitrogen and oxygen atoms in total. The summed E-state index contributed by atoms with van der Waals surface area (Å²) in [6.07, 6.45) is 2.00. The number of carbonyl (C=O) groups is 2. The lowest BCUT2D eigenvalue weighted by Gasteiger charge is -2.38. The van der Waals surface area contributed by atoms with Crippen LogP contribution in [0.15, 0.2) is 60.7 Å². The summed E-state index contributed by atoms with van der Waals surface area (Å²) in [6.45, 7) is 4.50. The molecule has 31 heavy (non-hydrogen) atoms. The highest BCUT2D eigenvalue weighted by Crippen LogP contribution is 2.64. The molecule has 1 N–H and O–H groups in total. The van der Waals surface area contributed by atoms with Crippen molar-refractivity contribution in [2.24, 2.45) is 11.8 Å². The molecule has 6 heteroatoms. The van der Waals surface area contributed by atoms with Crippen molar-refractivity contribution in [1.29, 1.82) is 0 Å². The fourth-order valence-corrected chi connectivity index (χ4v) is 7.54. The minimum absolute atomic E-state index is 0.00101. The molecule has 2 bridgehead atoms. The maximum Gasteiger partial charge on any atom is 0.338 e. The SMILES string of the molecule is CPC12CCC(C)(N1)C1CC(OC(=O)c3ccccc3)C(OC(=O)c3ccccc3)C12. The van der Waals surface area contributed by atoms with Crippen molar-refractivity contribution in [3.05, 3.63) is 71.8 Å². The van der Waals surface area contributed by atoms with Crippen LogP contribution in [0.25, 0.3) is 0 Å². The second kappa shape index (κ2) is 7.72. The molecule has 2 saturated heterocycles. The average Bonchev–Trinajstić information content (AvgIpc) is 3.42. The summed E-state index contributed by atoms with van der Waals surface area (Å²) in [4.78, 5) is 25.8. The number of ether oxygens (including phenoxy) is 2. The summed E-state index contributed by atoms with van der Waals surface area (Å²) >= 11 is 0. The van der Waals surface area contributed by atoms with Crippen molar-refractivity contribution in [2.75, 3.05) is 6.66 Å². The lowest BCUT2D eigenvalue weighted by atomic mass is 9.73. The summed E-state index contributed by atoms with van der Waals surface area (Å²) in [5.74, 6) is -0.244. The van der Waals surface area contributed by atoms with E-state index < -0.39 is 12.2 Å². The maximum atomic E-state index is 13.0. The number of fused-ring (bicyclic) bond motifs is 5. The van der Waals surface area contributed by atoms with E-state index in [1.807, 2.05) is 36.4 Å². The third kappa shape index (κ3) is 3.39. The van der Waals surface area contributed by atoms with Gasteiger partial charge in [0.1, 0.15) is 12.2 Å². The molecule has 0 amide bonds. The fourth-order valence-electron chi connectivity index (χ4n) is 6.06. The normalized spacial score (nSPS) is 35.9. The standard InChI is InChI=1S/C25H28NO4P/c1-24-13-14-25(26-24,31-2)20-18(24)15-19(29-22(27)16-9-5-3-6-10-16)21(20)30-23(28)17-11-7-4-8-12-17/h3-12,18-21,26,31H,13-15H2,1-2H3. The number of benzene rings is 2. The van der Waals surface area contributed by atoms with E-state index in [2.05, 4.69) is 18.9 Å². The smallest absolute Gasteiger partial charge is 0.338 e. The predicted octanol–water partition coefficient (Wildman–Crippen LogP) is 4.23. The second-order valence-corrected chi connectivity index (χ2v) is 10.6. The van der Waals surface area contributed by atoms with E-state index in [-0.39, 0.29) is 28.7 Å². The van der Waals surface area contributed by atoms with Gasteiger partial charge in [-0.05, 0) is 63.0 Å². The number of hydrogen-bond donors (Lipinski definition) is 1. The van der Waals surface area contributed by atoms with Crippen molar-refractivity contribution in [3.63, 3.8) is 0 Å².